The summed E-state index contributed by atoms with van der Waals surface area (Å²) in [6.45, 7) is 10.1. The van der Waals surface area contributed by atoms with E-state index in [9.17, 15) is 35.7 Å². The van der Waals surface area contributed by atoms with Gasteiger partial charge in [-0.1, -0.05) is 44.1 Å². The molecule has 0 aromatic heterocycles. The Labute approximate surface area is 248 Å². The molecule has 0 amide bonds. The van der Waals surface area contributed by atoms with Gasteiger partial charge >= 0.3 is 0 Å². The summed E-state index contributed by atoms with van der Waals surface area (Å²) in [5.74, 6) is 0.697. The standard InChI is InChI=1S/C31H52O11/c1-18(10-13-32)6-8-20-19(2)7-9-22-29(3,11-5-12-30(20,22)4)16-40-27-25(36)24(35)23(34)21(42-27)14-39-28-26(37)31(38,15-33)17-41-28/h10,20-28,32-38H,2,5-9,11-17H2,1,3-4H3/b18-10+/t20-,21-,22?,23-,24+,25-,26+,27-,28-,29+,30-,31-/m1/s1. The van der Waals surface area contributed by atoms with Crippen LogP contribution >= 0.6 is 0 Å². The minimum absolute atomic E-state index is 0.0297. The SMILES string of the molecule is C=C1CCC2[C@](C)(CO[C@@H]3O[C@H](CO[C@@H]4OC[C@](O)(CO)[C@H]4O)[C@@H](O)[C@H](O)[C@H]3O)CCC[C@]2(C)[C@@H]1CC/C(C)=C/CO. The number of rotatable bonds is 11. The van der Waals surface area contributed by atoms with Crippen LogP contribution in [0.1, 0.15) is 65.7 Å². The largest absolute Gasteiger partial charge is 0.393 e. The molecule has 11 nitrogen and oxygen atoms in total. The molecular weight excluding hydrogens is 548 g/mol. The number of hydrogen-bond acceptors (Lipinski definition) is 11. The van der Waals surface area contributed by atoms with Gasteiger partial charge in [0, 0.05) is 0 Å². The molecule has 11 heteroatoms. The Kier molecular flexibility index (Phi) is 11.0. The average molecular weight is 601 g/mol. The van der Waals surface area contributed by atoms with E-state index in [1.807, 2.05) is 6.08 Å². The molecule has 4 rings (SSSR count). The van der Waals surface area contributed by atoms with Crippen molar-refractivity contribution in [2.75, 3.05) is 33.0 Å². The lowest BCUT2D eigenvalue weighted by Gasteiger charge is -2.59. The smallest absolute Gasteiger partial charge is 0.186 e. The Balaban J connectivity index is 1.41. The van der Waals surface area contributed by atoms with E-state index in [4.69, 9.17) is 18.9 Å². The molecule has 2 aliphatic carbocycles. The molecule has 4 aliphatic rings. The minimum Gasteiger partial charge on any atom is -0.393 e. The molecule has 2 saturated heterocycles. The number of ether oxygens (including phenoxy) is 4. The third-order valence-electron chi connectivity index (χ3n) is 10.7. The fraction of sp³-hybridized carbons (Fsp3) is 0.871. The molecule has 0 bridgehead atoms. The van der Waals surface area contributed by atoms with Crippen molar-refractivity contribution in [3.05, 3.63) is 23.8 Å². The molecule has 242 valence electrons. The summed E-state index contributed by atoms with van der Waals surface area (Å²) in [7, 11) is 0. The Bertz CT molecular complexity index is 959. The highest BCUT2D eigenvalue weighted by molar-refractivity contribution is 5.17. The van der Waals surface area contributed by atoms with E-state index < -0.39 is 55.3 Å². The first-order valence-electron chi connectivity index (χ1n) is 15.3. The van der Waals surface area contributed by atoms with Crippen LogP contribution < -0.4 is 0 Å². The minimum atomic E-state index is -1.86. The monoisotopic (exact) mass is 600 g/mol. The van der Waals surface area contributed by atoms with Crippen molar-refractivity contribution in [2.45, 2.75) is 114 Å². The van der Waals surface area contributed by atoms with E-state index >= 15 is 0 Å². The van der Waals surface area contributed by atoms with Gasteiger partial charge in [-0.25, -0.2) is 0 Å². The molecule has 0 spiro atoms. The lowest BCUT2D eigenvalue weighted by Crippen LogP contribution is -2.60. The van der Waals surface area contributed by atoms with Gasteiger partial charge in [-0.05, 0) is 68.1 Å². The molecule has 12 atom stereocenters. The van der Waals surface area contributed by atoms with Gasteiger partial charge in [0.1, 0.15) is 36.1 Å². The van der Waals surface area contributed by atoms with Gasteiger partial charge in [-0.2, -0.15) is 0 Å². The fourth-order valence-corrected chi connectivity index (χ4v) is 8.01. The molecular formula is C31H52O11. The molecule has 0 radical (unpaired) electrons. The molecule has 0 aromatic carbocycles. The van der Waals surface area contributed by atoms with Crippen LogP contribution in [0.3, 0.4) is 0 Å². The number of allylic oxidation sites excluding steroid dienone is 2. The van der Waals surface area contributed by atoms with Gasteiger partial charge in [-0.3, -0.25) is 0 Å². The van der Waals surface area contributed by atoms with Crippen LogP contribution in [-0.4, -0.2) is 117 Å². The number of aliphatic hydroxyl groups is 7. The molecule has 42 heavy (non-hydrogen) atoms. The highest BCUT2D eigenvalue weighted by Crippen LogP contribution is 2.62. The Morgan fingerprint density at radius 1 is 1.05 bits per heavy atom. The van der Waals surface area contributed by atoms with E-state index in [2.05, 4.69) is 27.4 Å². The first-order chi connectivity index (χ1) is 19.8. The summed E-state index contributed by atoms with van der Waals surface area (Å²) < 4.78 is 22.9. The maximum atomic E-state index is 10.7. The second kappa shape index (κ2) is 13.6. The van der Waals surface area contributed by atoms with Crippen LogP contribution in [0.25, 0.3) is 0 Å². The predicted molar refractivity (Wildman–Crippen MR) is 152 cm³/mol. The number of fused-ring (bicyclic) bond motifs is 1. The van der Waals surface area contributed by atoms with Crippen molar-refractivity contribution in [3.8, 4) is 0 Å². The zero-order chi connectivity index (χ0) is 30.9. The van der Waals surface area contributed by atoms with E-state index in [0.29, 0.717) is 18.4 Å². The van der Waals surface area contributed by atoms with Crippen LogP contribution in [0.4, 0.5) is 0 Å². The van der Waals surface area contributed by atoms with Crippen molar-refractivity contribution in [1.82, 2.24) is 0 Å². The fourth-order valence-electron chi connectivity index (χ4n) is 8.01. The Hall–Kier alpha value is -0.960. The van der Waals surface area contributed by atoms with Crippen LogP contribution in [0.15, 0.2) is 23.8 Å². The van der Waals surface area contributed by atoms with E-state index in [1.54, 1.807) is 0 Å². The summed E-state index contributed by atoms with van der Waals surface area (Å²) in [5.41, 5.74) is 0.423. The zero-order valence-corrected chi connectivity index (χ0v) is 25.2. The molecule has 1 unspecified atom stereocenters. The number of aliphatic hydroxyl groups excluding tert-OH is 6. The van der Waals surface area contributed by atoms with Gasteiger partial charge in [0.15, 0.2) is 12.6 Å². The van der Waals surface area contributed by atoms with Crippen molar-refractivity contribution in [3.63, 3.8) is 0 Å². The average Bonchev–Trinajstić information content (AvgIpc) is 3.24. The van der Waals surface area contributed by atoms with Crippen LogP contribution in [0, 0.1) is 22.7 Å². The third kappa shape index (κ3) is 6.67. The highest BCUT2D eigenvalue weighted by atomic mass is 16.7. The van der Waals surface area contributed by atoms with Gasteiger partial charge in [0.05, 0.1) is 33.0 Å². The van der Waals surface area contributed by atoms with Gasteiger partial charge < -0.3 is 54.7 Å². The summed E-state index contributed by atoms with van der Waals surface area (Å²) in [6, 6.07) is 0. The topological polar surface area (TPSA) is 179 Å². The Morgan fingerprint density at radius 2 is 1.79 bits per heavy atom. The predicted octanol–water partition coefficient (Wildman–Crippen LogP) is 0.766. The normalized spacial score (nSPS) is 46.6. The molecule has 7 N–H and O–H groups in total. The zero-order valence-electron chi connectivity index (χ0n) is 25.2. The van der Waals surface area contributed by atoms with Gasteiger partial charge in [0.2, 0.25) is 0 Å². The first kappa shape index (κ1) is 33.9. The van der Waals surface area contributed by atoms with E-state index in [1.165, 1.54) is 11.1 Å². The summed E-state index contributed by atoms with van der Waals surface area (Å²) in [4.78, 5) is 0. The number of hydrogen-bond donors (Lipinski definition) is 7. The lowest BCUT2D eigenvalue weighted by molar-refractivity contribution is -0.317. The second-order valence-electron chi connectivity index (χ2n) is 13.6. The summed E-state index contributed by atoms with van der Waals surface area (Å²) in [5, 5.41) is 70.9. The van der Waals surface area contributed by atoms with Crippen molar-refractivity contribution in [1.29, 1.82) is 0 Å². The summed E-state index contributed by atoms with van der Waals surface area (Å²) in [6.07, 6.45) is -0.877. The molecule has 2 aliphatic heterocycles. The van der Waals surface area contributed by atoms with E-state index in [0.717, 1.165) is 44.9 Å². The van der Waals surface area contributed by atoms with Crippen molar-refractivity contribution < 1.29 is 54.7 Å². The maximum Gasteiger partial charge on any atom is 0.186 e. The summed E-state index contributed by atoms with van der Waals surface area (Å²) >= 11 is 0. The van der Waals surface area contributed by atoms with Crippen molar-refractivity contribution in [2.24, 2.45) is 22.7 Å². The maximum absolute atomic E-state index is 10.7. The van der Waals surface area contributed by atoms with Gasteiger partial charge in [0.25, 0.3) is 0 Å². The molecule has 2 saturated carbocycles. The lowest BCUT2D eigenvalue weighted by atomic mass is 9.47. The second-order valence-corrected chi connectivity index (χ2v) is 13.6. The van der Waals surface area contributed by atoms with Crippen LogP contribution in [0.5, 0.6) is 0 Å². The molecule has 0 aromatic rings. The third-order valence-corrected chi connectivity index (χ3v) is 10.7. The van der Waals surface area contributed by atoms with Crippen LogP contribution in [0.2, 0.25) is 0 Å². The highest BCUT2D eigenvalue weighted by Gasteiger charge is 2.55. The molecule has 4 fully saturated rings. The van der Waals surface area contributed by atoms with E-state index in [-0.39, 0.29) is 30.7 Å². The first-order valence-corrected chi connectivity index (χ1v) is 15.3. The van der Waals surface area contributed by atoms with Crippen molar-refractivity contribution >= 4 is 0 Å². The molecule has 2 heterocycles. The van der Waals surface area contributed by atoms with Crippen LogP contribution in [-0.2, 0) is 18.9 Å². The Morgan fingerprint density at radius 3 is 2.45 bits per heavy atom. The quantitative estimate of drug-likeness (QED) is 0.167. The van der Waals surface area contributed by atoms with Gasteiger partial charge in [-0.15, -0.1) is 0 Å².